The quantitative estimate of drug-likeness (QED) is 0.715. The van der Waals surface area contributed by atoms with Crippen LogP contribution in [-0.4, -0.2) is 38.9 Å². The number of nitrogens with zero attached hydrogens (tertiary/aromatic N) is 1. The summed E-state index contributed by atoms with van der Waals surface area (Å²) in [6.07, 6.45) is 2.74. The van der Waals surface area contributed by atoms with Crippen molar-refractivity contribution < 1.29 is 12.8 Å². The number of hydrogen-bond donors (Lipinski definition) is 2. The molecule has 0 aliphatic rings. The van der Waals surface area contributed by atoms with E-state index in [0.717, 1.165) is 5.76 Å². The molecule has 3 N–H and O–H groups in total. The second kappa shape index (κ2) is 6.89. The van der Waals surface area contributed by atoms with Crippen molar-refractivity contribution in [1.82, 2.24) is 9.03 Å². The highest BCUT2D eigenvalue weighted by Gasteiger charge is 2.20. The van der Waals surface area contributed by atoms with Gasteiger partial charge < -0.3 is 10.2 Å². The maximum atomic E-state index is 11.9. The minimum Gasteiger partial charge on any atom is -0.469 e. The Morgan fingerprint density at radius 3 is 2.83 bits per heavy atom. The highest BCUT2D eigenvalue weighted by atomic mass is 32.2. The van der Waals surface area contributed by atoms with Gasteiger partial charge in [-0.3, -0.25) is 0 Å². The SMILES string of the molecule is CC(Cc1ccco1)NS(=O)(=O)N(C)CCCN. The molecule has 1 aromatic heterocycles. The lowest BCUT2D eigenvalue weighted by molar-refractivity contribution is 0.435. The Hall–Kier alpha value is -0.890. The molecule has 0 fully saturated rings. The lowest BCUT2D eigenvalue weighted by atomic mass is 10.2. The minimum absolute atomic E-state index is 0.221. The molecule has 7 heteroatoms. The van der Waals surface area contributed by atoms with Crippen LogP contribution in [0.5, 0.6) is 0 Å². The summed E-state index contributed by atoms with van der Waals surface area (Å²) in [5.74, 6) is 0.759. The Labute approximate surface area is 108 Å². The smallest absolute Gasteiger partial charge is 0.279 e. The molecule has 0 amide bonds. The van der Waals surface area contributed by atoms with Crippen molar-refractivity contribution in [3.63, 3.8) is 0 Å². The molecule has 1 heterocycles. The van der Waals surface area contributed by atoms with E-state index >= 15 is 0 Å². The fourth-order valence-electron chi connectivity index (χ4n) is 1.55. The average Bonchev–Trinajstić information content (AvgIpc) is 2.77. The van der Waals surface area contributed by atoms with E-state index < -0.39 is 10.2 Å². The van der Waals surface area contributed by atoms with Crippen LogP contribution in [0.3, 0.4) is 0 Å². The van der Waals surface area contributed by atoms with Gasteiger partial charge in [0.05, 0.1) is 6.26 Å². The number of rotatable bonds is 8. The van der Waals surface area contributed by atoms with Gasteiger partial charge in [0.15, 0.2) is 0 Å². The minimum atomic E-state index is -3.45. The molecule has 0 aliphatic carbocycles. The van der Waals surface area contributed by atoms with Crippen molar-refractivity contribution >= 4 is 10.2 Å². The molecular formula is C11H21N3O3S. The lowest BCUT2D eigenvalue weighted by Gasteiger charge is -2.20. The molecule has 1 rings (SSSR count). The van der Waals surface area contributed by atoms with Gasteiger partial charge in [0, 0.05) is 26.1 Å². The normalized spacial score (nSPS) is 14.0. The predicted octanol–water partition coefficient (Wildman–Crippen LogP) is 0.326. The summed E-state index contributed by atoms with van der Waals surface area (Å²) in [4.78, 5) is 0. The van der Waals surface area contributed by atoms with Crippen LogP contribution in [0.1, 0.15) is 19.1 Å². The molecule has 0 bridgehead atoms. The average molecular weight is 275 g/mol. The van der Waals surface area contributed by atoms with Crippen LogP contribution in [0.2, 0.25) is 0 Å². The zero-order valence-electron chi connectivity index (χ0n) is 10.8. The van der Waals surface area contributed by atoms with E-state index in [1.54, 1.807) is 19.3 Å². The topological polar surface area (TPSA) is 88.6 Å². The Kier molecular flexibility index (Phi) is 5.80. The largest absolute Gasteiger partial charge is 0.469 e. The van der Waals surface area contributed by atoms with E-state index in [0.29, 0.717) is 25.9 Å². The van der Waals surface area contributed by atoms with Gasteiger partial charge in [-0.15, -0.1) is 0 Å². The zero-order chi connectivity index (χ0) is 13.6. The first-order valence-electron chi connectivity index (χ1n) is 5.91. The second-order valence-corrected chi connectivity index (χ2v) is 6.08. The Morgan fingerprint density at radius 2 is 2.28 bits per heavy atom. The van der Waals surface area contributed by atoms with Crippen LogP contribution in [0.4, 0.5) is 0 Å². The molecule has 1 atom stereocenters. The van der Waals surface area contributed by atoms with Crippen LogP contribution < -0.4 is 10.5 Å². The van der Waals surface area contributed by atoms with Crippen LogP contribution in [-0.2, 0) is 16.6 Å². The van der Waals surface area contributed by atoms with Gasteiger partial charge in [-0.05, 0) is 32.0 Å². The monoisotopic (exact) mass is 275 g/mol. The van der Waals surface area contributed by atoms with E-state index in [-0.39, 0.29) is 6.04 Å². The van der Waals surface area contributed by atoms with Crippen molar-refractivity contribution in [3.05, 3.63) is 24.2 Å². The standard InChI is InChI=1S/C11H21N3O3S/c1-10(9-11-5-3-8-17-11)13-18(15,16)14(2)7-4-6-12/h3,5,8,10,13H,4,6-7,9,12H2,1-2H3. The van der Waals surface area contributed by atoms with Gasteiger partial charge in [0.25, 0.3) is 10.2 Å². The summed E-state index contributed by atoms with van der Waals surface area (Å²) in [6, 6.07) is 3.38. The summed E-state index contributed by atoms with van der Waals surface area (Å²) >= 11 is 0. The van der Waals surface area contributed by atoms with E-state index in [1.165, 1.54) is 11.4 Å². The van der Waals surface area contributed by atoms with E-state index in [1.807, 2.05) is 6.07 Å². The van der Waals surface area contributed by atoms with Crippen molar-refractivity contribution in [1.29, 1.82) is 0 Å². The third-order valence-electron chi connectivity index (χ3n) is 2.53. The summed E-state index contributed by atoms with van der Waals surface area (Å²) < 4.78 is 32.9. The molecule has 0 saturated carbocycles. The van der Waals surface area contributed by atoms with Crippen LogP contribution in [0.15, 0.2) is 22.8 Å². The maximum Gasteiger partial charge on any atom is 0.279 e. The van der Waals surface area contributed by atoms with Gasteiger partial charge in [-0.1, -0.05) is 0 Å². The molecule has 6 nitrogen and oxygen atoms in total. The fourth-order valence-corrected chi connectivity index (χ4v) is 2.69. The molecule has 18 heavy (non-hydrogen) atoms. The fraction of sp³-hybridized carbons (Fsp3) is 0.636. The third kappa shape index (κ3) is 4.77. The number of nitrogens with one attached hydrogen (secondary N) is 1. The number of furan rings is 1. The van der Waals surface area contributed by atoms with Gasteiger partial charge >= 0.3 is 0 Å². The van der Waals surface area contributed by atoms with E-state index in [4.69, 9.17) is 10.2 Å². The van der Waals surface area contributed by atoms with Gasteiger partial charge in [-0.25, -0.2) is 0 Å². The van der Waals surface area contributed by atoms with Crippen molar-refractivity contribution in [2.75, 3.05) is 20.1 Å². The van der Waals surface area contributed by atoms with Crippen molar-refractivity contribution in [2.45, 2.75) is 25.8 Å². The Morgan fingerprint density at radius 1 is 1.56 bits per heavy atom. The zero-order valence-corrected chi connectivity index (χ0v) is 11.6. The molecular weight excluding hydrogens is 254 g/mol. The first-order valence-corrected chi connectivity index (χ1v) is 7.35. The van der Waals surface area contributed by atoms with Crippen LogP contribution in [0.25, 0.3) is 0 Å². The third-order valence-corrected chi connectivity index (χ3v) is 4.23. The predicted molar refractivity (Wildman–Crippen MR) is 70.2 cm³/mol. The van der Waals surface area contributed by atoms with Gasteiger partial charge in [-0.2, -0.15) is 17.4 Å². The molecule has 0 radical (unpaired) electrons. The summed E-state index contributed by atoms with van der Waals surface area (Å²) in [5, 5.41) is 0. The number of hydrogen-bond acceptors (Lipinski definition) is 4. The summed E-state index contributed by atoms with van der Waals surface area (Å²) in [7, 11) is -1.91. The molecule has 0 aromatic carbocycles. The first-order chi connectivity index (χ1) is 8.45. The Bertz CT molecular complexity index is 430. The molecule has 0 saturated heterocycles. The molecule has 0 spiro atoms. The lowest BCUT2D eigenvalue weighted by Crippen LogP contribution is -2.43. The van der Waals surface area contributed by atoms with Crippen LogP contribution in [0, 0.1) is 0 Å². The number of nitrogens with two attached hydrogens (primary N) is 1. The highest BCUT2D eigenvalue weighted by molar-refractivity contribution is 7.87. The van der Waals surface area contributed by atoms with Gasteiger partial charge in [0.2, 0.25) is 0 Å². The van der Waals surface area contributed by atoms with Gasteiger partial charge in [0.1, 0.15) is 5.76 Å². The summed E-state index contributed by atoms with van der Waals surface area (Å²) in [5.41, 5.74) is 5.36. The first kappa shape index (κ1) is 15.2. The van der Waals surface area contributed by atoms with Crippen molar-refractivity contribution in [3.8, 4) is 0 Å². The van der Waals surface area contributed by atoms with E-state index in [9.17, 15) is 8.42 Å². The Balaban J connectivity index is 2.49. The summed E-state index contributed by atoms with van der Waals surface area (Å²) in [6.45, 7) is 2.69. The molecule has 1 aromatic rings. The van der Waals surface area contributed by atoms with Crippen LogP contribution >= 0.6 is 0 Å². The molecule has 0 aliphatic heterocycles. The molecule has 1 unspecified atom stereocenters. The van der Waals surface area contributed by atoms with Crippen molar-refractivity contribution in [2.24, 2.45) is 5.73 Å². The highest BCUT2D eigenvalue weighted by Crippen LogP contribution is 2.05. The van der Waals surface area contributed by atoms with E-state index in [2.05, 4.69) is 4.72 Å². The molecule has 104 valence electrons. The maximum absolute atomic E-state index is 11.9. The second-order valence-electron chi connectivity index (χ2n) is 4.27.